The van der Waals surface area contributed by atoms with Gasteiger partial charge in [-0.2, -0.15) is 0 Å². The van der Waals surface area contributed by atoms with Crippen molar-refractivity contribution in [2.45, 2.75) is 33.2 Å². The number of pyridine rings is 1. The summed E-state index contributed by atoms with van der Waals surface area (Å²) < 4.78 is 13.4. The molecule has 22 heavy (non-hydrogen) atoms. The molecule has 0 saturated carbocycles. The number of carbonyl (C=O) groups is 1. The van der Waals surface area contributed by atoms with Crippen molar-refractivity contribution in [3.8, 4) is 0 Å². The Balaban J connectivity index is 2.38. The summed E-state index contributed by atoms with van der Waals surface area (Å²) in [5.41, 5.74) is 1.32. The van der Waals surface area contributed by atoms with Crippen molar-refractivity contribution in [1.29, 1.82) is 0 Å². The van der Waals surface area contributed by atoms with Crippen LogP contribution < -0.4 is 0 Å². The Morgan fingerprint density at radius 2 is 2.09 bits per heavy atom. The Labute approximate surface area is 129 Å². The molecular formula is C17H21FN2O2. The Hall–Kier alpha value is -2.01. The highest BCUT2D eigenvalue weighted by Gasteiger charge is 2.14. The van der Waals surface area contributed by atoms with Crippen LogP contribution in [0.4, 0.5) is 4.39 Å². The molecule has 0 bridgehead atoms. The second-order valence-corrected chi connectivity index (χ2v) is 5.35. The average Bonchev–Trinajstić information content (AvgIpc) is 2.50. The maximum Gasteiger partial charge on any atom is 0.336 e. The summed E-state index contributed by atoms with van der Waals surface area (Å²) in [5, 5.41) is 9.71. The van der Waals surface area contributed by atoms with E-state index in [2.05, 4.69) is 23.7 Å². The second-order valence-electron chi connectivity index (χ2n) is 5.35. The van der Waals surface area contributed by atoms with Crippen LogP contribution in [0.1, 0.15) is 42.7 Å². The van der Waals surface area contributed by atoms with Gasteiger partial charge in [0.05, 0.1) is 16.8 Å². The Bertz CT molecular complexity index is 673. The minimum absolute atomic E-state index is 0.103. The molecule has 0 unspecified atom stereocenters. The summed E-state index contributed by atoms with van der Waals surface area (Å²) in [6, 6.07) is 5.62. The number of fused-ring (bicyclic) bond motifs is 1. The van der Waals surface area contributed by atoms with Crippen molar-refractivity contribution in [1.82, 2.24) is 9.88 Å². The number of carboxylic acids is 1. The summed E-state index contributed by atoms with van der Waals surface area (Å²) in [7, 11) is 0. The first-order valence-corrected chi connectivity index (χ1v) is 7.60. The van der Waals surface area contributed by atoms with Gasteiger partial charge in [0, 0.05) is 11.9 Å². The fraction of sp³-hybridized carbons (Fsp3) is 0.412. The van der Waals surface area contributed by atoms with Gasteiger partial charge in [0.25, 0.3) is 0 Å². The van der Waals surface area contributed by atoms with Crippen LogP contribution in [0.25, 0.3) is 10.9 Å². The number of unbranched alkanes of at least 4 members (excludes halogenated alkanes) is 1. The molecule has 0 saturated heterocycles. The predicted molar refractivity (Wildman–Crippen MR) is 84.5 cm³/mol. The van der Waals surface area contributed by atoms with E-state index < -0.39 is 11.8 Å². The molecule has 0 radical (unpaired) electrons. The van der Waals surface area contributed by atoms with Gasteiger partial charge in [0.2, 0.25) is 0 Å². The molecule has 0 fully saturated rings. The summed E-state index contributed by atoms with van der Waals surface area (Å²) in [6.45, 7) is 6.65. The maximum absolute atomic E-state index is 13.4. The molecule has 0 amide bonds. The van der Waals surface area contributed by atoms with Gasteiger partial charge >= 0.3 is 5.97 Å². The molecule has 0 spiro atoms. The van der Waals surface area contributed by atoms with Crippen LogP contribution in [-0.2, 0) is 6.54 Å². The molecule has 5 heteroatoms. The molecule has 1 heterocycles. The first-order chi connectivity index (χ1) is 10.5. The van der Waals surface area contributed by atoms with E-state index in [9.17, 15) is 14.3 Å². The molecule has 0 aliphatic rings. The molecule has 118 valence electrons. The molecule has 1 aromatic carbocycles. The predicted octanol–water partition coefficient (Wildman–Crippen LogP) is 3.69. The van der Waals surface area contributed by atoms with E-state index in [4.69, 9.17) is 0 Å². The number of benzene rings is 1. The highest BCUT2D eigenvalue weighted by Crippen LogP contribution is 2.21. The van der Waals surface area contributed by atoms with Crippen molar-refractivity contribution >= 4 is 16.9 Å². The standard InChI is InChI=1S/C17H21FN2O2/c1-3-5-8-20(4-2)11-13-10-15(17(21)22)14-9-12(18)6-7-16(14)19-13/h6-7,9-10H,3-5,8,11H2,1-2H3,(H,21,22). The van der Waals surface area contributed by atoms with Gasteiger partial charge in [-0.15, -0.1) is 0 Å². The van der Waals surface area contributed by atoms with Crippen LogP contribution in [-0.4, -0.2) is 34.0 Å². The lowest BCUT2D eigenvalue weighted by Crippen LogP contribution is -2.24. The molecule has 1 aromatic heterocycles. The monoisotopic (exact) mass is 304 g/mol. The first-order valence-electron chi connectivity index (χ1n) is 7.60. The lowest BCUT2D eigenvalue weighted by molar-refractivity contribution is 0.0698. The van der Waals surface area contributed by atoms with E-state index in [1.165, 1.54) is 18.2 Å². The van der Waals surface area contributed by atoms with Gasteiger partial charge in [0.15, 0.2) is 0 Å². The molecular weight excluding hydrogens is 283 g/mol. The van der Waals surface area contributed by atoms with Crippen LogP contribution in [0.15, 0.2) is 24.3 Å². The van der Waals surface area contributed by atoms with Crippen molar-refractivity contribution in [3.05, 3.63) is 41.3 Å². The zero-order valence-electron chi connectivity index (χ0n) is 13.0. The van der Waals surface area contributed by atoms with Crippen molar-refractivity contribution in [2.75, 3.05) is 13.1 Å². The highest BCUT2D eigenvalue weighted by molar-refractivity contribution is 6.02. The minimum atomic E-state index is -1.06. The van der Waals surface area contributed by atoms with E-state index in [0.717, 1.165) is 25.9 Å². The first kappa shape index (κ1) is 16.4. The number of nitrogens with zero attached hydrogens (tertiary/aromatic N) is 2. The number of hydrogen-bond donors (Lipinski definition) is 1. The summed E-state index contributed by atoms with van der Waals surface area (Å²) in [6.07, 6.45) is 2.21. The fourth-order valence-corrected chi connectivity index (χ4v) is 2.47. The smallest absolute Gasteiger partial charge is 0.336 e. The van der Waals surface area contributed by atoms with Crippen LogP contribution >= 0.6 is 0 Å². The number of halogens is 1. The second kappa shape index (κ2) is 7.31. The molecule has 4 nitrogen and oxygen atoms in total. The molecule has 0 aliphatic carbocycles. The van der Waals surface area contributed by atoms with Crippen LogP contribution in [0.2, 0.25) is 0 Å². The van der Waals surface area contributed by atoms with Gasteiger partial charge in [-0.05, 0) is 43.8 Å². The van der Waals surface area contributed by atoms with E-state index in [1.54, 1.807) is 6.07 Å². The highest BCUT2D eigenvalue weighted by atomic mass is 19.1. The van der Waals surface area contributed by atoms with Crippen molar-refractivity contribution < 1.29 is 14.3 Å². The number of rotatable bonds is 7. The van der Waals surface area contributed by atoms with E-state index in [0.29, 0.717) is 23.1 Å². The Kier molecular flexibility index (Phi) is 5.44. The summed E-state index contributed by atoms with van der Waals surface area (Å²) >= 11 is 0. The molecule has 1 N–H and O–H groups in total. The van der Waals surface area contributed by atoms with E-state index in [1.807, 2.05) is 0 Å². The summed E-state index contributed by atoms with van der Waals surface area (Å²) in [4.78, 5) is 18.2. The Morgan fingerprint density at radius 1 is 1.32 bits per heavy atom. The third-order valence-corrected chi connectivity index (χ3v) is 3.71. The normalized spacial score (nSPS) is 11.3. The van der Waals surface area contributed by atoms with Gasteiger partial charge < -0.3 is 5.11 Å². The minimum Gasteiger partial charge on any atom is -0.478 e. The molecule has 2 rings (SSSR count). The Morgan fingerprint density at radius 3 is 2.73 bits per heavy atom. The number of aromatic carboxylic acids is 1. The fourth-order valence-electron chi connectivity index (χ4n) is 2.47. The van der Waals surface area contributed by atoms with Gasteiger partial charge in [-0.25, -0.2) is 9.18 Å². The quantitative estimate of drug-likeness (QED) is 0.847. The number of hydrogen-bond acceptors (Lipinski definition) is 3. The third kappa shape index (κ3) is 3.80. The molecule has 0 aliphatic heterocycles. The molecule has 0 atom stereocenters. The van der Waals surface area contributed by atoms with Gasteiger partial charge in [-0.1, -0.05) is 20.3 Å². The van der Waals surface area contributed by atoms with Gasteiger partial charge in [0.1, 0.15) is 5.82 Å². The van der Waals surface area contributed by atoms with Crippen LogP contribution in [0.5, 0.6) is 0 Å². The van der Waals surface area contributed by atoms with Crippen molar-refractivity contribution in [2.24, 2.45) is 0 Å². The zero-order chi connectivity index (χ0) is 16.1. The van der Waals surface area contributed by atoms with Crippen LogP contribution in [0.3, 0.4) is 0 Å². The summed E-state index contributed by atoms with van der Waals surface area (Å²) in [5.74, 6) is -1.52. The van der Waals surface area contributed by atoms with E-state index in [-0.39, 0.29) is 5.56 Å². The maximum atomic E-state index is 13.4. The largest absolute Gasteiger partial charge is 0.478 e. The average molecular weight is 304 g/mol. The van der Waals surface area contributed by atoms with Crippen molar-refractivity contribution in [3.63, 3.8) is 0 Å². The van der Waals surface area contributed by atoms with Gasteiger partial charge in [-0.3, -0.25) is 9.88 Å². The lowest BCUT2D eigenvalue weighted by atomic mass is 10.1. The van der Waals surface area contributed by atoms with Crippen LogP contribution in [0, 0.1) is 5.82 Å². The third-order valence-electron chi connectivity index (χ3n) is 3.71. The van der Waals surface area contributed by atoms with E-state index >= 15 is 0 Å². The lowest BCUT2D eigenvalue weighted by Gasteiger charge is -2.20. The number of carboxylic acid groups (broad SMARTS) is 1. The molecule has 2 aromatic rings. The topological polar surface area (TPSA) is 53.4 Å². The number of aromatic nitrogens is 1. The zero-order valence-corrected chi connectivity index (χ0v) is 13.0. The SMILES string of the molecule is CCCCN(CC)Cc1cc(C(=O)O)c2cc(F)ccc2n1.